The minimum atomic E-state index is -1.01. The molecule has 0 radical (unpaired) electrons. The van der Waals surface area contributed by atoms with Gasteiger partial charge >= 0.3 is 5.97 Å². The van der Waals surface area contributed by atoms with Gasteiger partial charge in [-0.15, -0.1) is 5.10 Å². The number of aromatic nitrogens is 4. The molecule has 0 saturated heterocycles. The number of benzene rings is 1. The minimum Gasteiger partial charge on any atom is -0.448 e. The van der Waals surface area contributed by atoms with E-state index in [4.69, 9.17) is 4.74 Å². The predicted octanol–water partition coefficient (Wildman–Crippen LogP) is 2.08. The first-order valence-corrected chi connectivity index (χ1v) is 9.62. The Bertz CT molecular complexity index is 1200. The van der Waals surface area contributed by atoms with Gasteiger partial charge in [-0.2, -0.15) is 4.98 Å². The van der Waals surface area contributed by atoms with Crippen LogP contribution in [0.3, 0.4) is 0 Å². The minimum absolute atomic E-state index is 0.0324. The molecular formula is C21H21N5O4. The van der Waals surface area contributed by atoms with Gasteiger partial charge in [-0.25, -0.2) is 14.3 Å². The molecule has 0 fully saturated rings. The first kappa shape index (κ1) is 19.7. The van der Waals surface area contributed by atoms with Gasteiger partial charge in [0.2, 0.25) is 11.7 Å². The van der Waals surface area contributed by atoms with Gasteiger partial charge in [-0.1, -0.05) is 0 Å². The summed E-state index contributed by atoms with van der Waals surface area (Å²) >= 11 is 0. The fraction of sp³-hybridized carbons (Fsp3) is 0.333. The maximum absolute atomic E-state index is 12.8. The van der Waals surface area contributed by atoms with Crippen molar-refractivity contribution in [1.29, 1.82) is 0 Å². The number of esters is 1. The molecule has 154 valence electrons. The van der Waals surface area contributed by atoms with Crippen molar-refractivity contribution in [3.8, 4) is 0 Å². The van der Waals surface area contributed by atoms with Crippen molar-refractivity contribution in [1.82, 2.24) is 19.6 Å². The number of rotatable bonds is 4. The number of hydrogen-bond donors (Lipinski definition) is 0. The summed E-state index contributed by atoms with van der Waals surface area (Å²) in [7, 11) is 0. The number of ketones is 1. The Kier molecular flexibility index (Phi) is 4.81. The molecule has 0 aliphatic carbocycles. The highest BCUT2D eigenvalue weighted by Crippen LogP contribution is 2.29. The van der Waals surface area contributed by atoms with Crippen LogP contribution in [0.25, 0.3) is 5.78 Å². The van der Waals surface area contributed by atoms with E-state index in [1.165, 1.54) is 18.4 Å². The van der Waals surface area contributed by atoms with Gasteiger partial charge in [0.05, 0.1) is 0 Å². The summed E-state index contributed by atoms with van der Waals surface area (Å²) < 4.78 is 6.77. The van der Waals surface area contributed by atoms with Crippen LogP contribution in [0.1, 0.15) is 51.8 Å². The molecule has 0 saturated carbocycles. The first-order valence-electron chi connectivity index (χ1n) is 9.62. The summed E-state index contributed by atoms with van der Waals surface area (Å²) in [6, 6.07) is 6.98. The number of nitrogens with zero attached hydrogens (tertiary/aromatic N) is 5. The Hall–Kier alpha value is -3.62. The van der Waals surface area contributed by atoms with Crippen LogP contribution in [0.4, 0.5) is 5.69 Å². The topological polar surface area (TPSA) is 107 Å². The number of amides is 1. The third-order valence-corrected chi connectivity index (χ3v) is 5.09. The number of fused-ring (bicyclic) bond motifs is 2. The molecule has 30 heavy (non-hydrogen) atoms. The molecule has 1 aromatic carbocycles. The molecule has 3 aromatic rings. The number of hydrogen-bond acceptors (Lipinski definition) is 7. The molecule has 9 nitrogen and oxygen atoms in total. The summed E-state index contributed by atoms with van der Waals surface area (Å²) in [6.07, 6.45) is -0.329. The zero-order chi connectivity index (χ0) is 21.6. The molecule has 2 aromatic heterocycles. The highest BCUT2D eigenvalue weighted by atomic mass is 16.5. The van der Waals surface area contributed by atoms with Crippen molar-refractivity contribution in [2.45, 2.75) is 40.2 Å². The average Bonchev–Trinajstić information content (AvgIpc) is 3.31. The maximum Gasteiger partial charge on any atom is 0.379 e. The predicted molar refractivity (Wildman–Crippen MR) is 108 cm³/mol. The van der Waals surface area contributed by atoms with Crippen LogP contribution in [-0.2, 0) is 16.0 Å². The van der Waals surface area contributed by atoms with Crippen LogP contribution in [-0.4, -0.2) is 49.9 Å². The number of aryl methyl sites for hydroxylation is 2. The van der Waals surface area contributed by atoms with E-state index in [2.05, 4.69) is 15.1 Å². The lowest BCUT2D eigenvalue weighted by molar-refractivity contribution is -0.116. The third-order valence-electron chi connectivity index (χ3n) is 5.09. The number of carbonyl (C=O) groups is 3. The second-order valence-corrected chi connectivity index (χ2v) is 7.36. The number of anilines is 1. The van der Waals surface area contributed by atoms with Crippen LogP contribution < -0.4 is 4.90 Å². The number of Topliss-reactive ketones (excluding diaryl/α,β-unsaturated/α-hetero) is 1. The summed E-state index contributed by atoms with van der Waals surface area (Å²) in [5, 5.41) is 4.13. The van der Waals surface area contributed by atoms with Gasteiger partial charge in [-0.05, 0) is 57.0 Å². The second-order valence-electron chi connectivity index (χ2n) is 7.36. The van der Waals surface area contributed by atoms with E-state index >= 15 is 0 Å². The molecule has 1 aliphatic rings. The summed E-state index contributed by atoms with van der Waals surface area (Å²) in [5.74, 6) is -1.01. The van der Waals surface area contributed by atoms with Crippen molar-refractivity contribution in [2.75, 3.05) is 11.4 Å². The molecule has 0 unspecified atom stereocenters. The molecule has 4 rings (SSSR count). The SMILES string of the molecule is CC(=O)N1CCc2cc(C(=O)[C@H](C)OC(=O)c3nc4nc(C)cc(C)n4n3)ccc21. The fourth-order valence-corrected chi connectivity index (χ4v) is 3.64. The standard InChI is InChI=1S/C21H21N5O4/c1-11-9-12(2)26-21(22-11)23-19(24-26)20(29)30-13(3)18(28)16-5-6-17-15(10-16)7-8-25(17)14(4)27/h5-6,9-10,13H,7-8H2,1-4H3/t13-/m0/s1. The van der Waals surface area contributed by atoms with E-state index in [1.54, 1.807) is 23.1 Å². The second kappa shape index (κ2) is 7.33. The number of ether oxygens (including phenoxy) is 1. The van der Waals surface area contributed by atoms with Gasteiger partial charge < -0.3 is 9.64 Å². The molecule has 3 heterocycles. The lowest BCUT2D eigenvalue weighted by atomic mass is 10.0. The van der Waals surface area contributed by atoms with Crippen LogP contribution in [0.5, 0.6) is 0 Å². The smallest absolute Gasteiger partial charge is 0.379 e. The highest BCUT2D eigenvalue weighted by molar-refractivity contribution is 6.02. The number of carbonyl (C=O) groups excluding carboxylic acids is 3. The lowest BCUT2D eigenvalue weighted by Crippen LogP contribution is -2.26. The highest BCUT2D eigenvalue weighted by Gasteiger charge is 2.27. The van der Waals surface area contributed by atoms with Crippen LogP contribution >= 0.6 is 0 Å². The van der Waals surface area contributed by atoms with Gasteiger partial charge in [0.25, 0.3) is 11.6 Å². The van der Waals surface area contributed by atoms with Gasteiger partial charge in [0.1, 0.15) is 0 Å². The fourth-order valence-electron chi connectivity index (χ4n) is 3.64. The molecule has 0 spiro atoms. The average molecular weight is 407 g/mol. The van der Waals surface area contributed by atoms with Gasteiger partial charge in [-0.3, -0.25) is 9.59 Å². The van der Waals surface area contributed by atoms with Crippen LogP contribution in [0.15, 0.2) is 24.3 Å². The Labute approximate surface area is 172 Å². The summed E-state index contributed by atoms with van der Waals surface area (Å²) in [6.45, 7) is 7.28. The van der Waals surface area contributed by atoms with Crippen molar-refractivity contribution in [3.63, 3.8) is 0 Å². The Morgan fingerprint density at radius 3 is 2.63 bits per heavy atom. The van der Waals surface area contributed by atoms with Crippen molar-refractivity contribution in [2.24, 2.45) is 0 Å². The molecule has 0 N–H and O–H groups in total. The molecule has 0 bridgehead atoms. The van der Waals surface area contributed by atoms with E-state index in [0.29, 0.717) is 24.3 Å². The Morgan fingerprint density at radius 2 is 1.90 bits per heavy atom. The van der Waals surface area contributed by atoms with Crippen molar-refractivity contribution < 1.29 is 19.1 Å². The van der Waals surface area contributed by atoms with Crippen LogP contribution in [0.2, 0.25) is 0 Å². The van der Waals surface area contributed by atoms with E-state index < -0.39 is 12.1 Å². The van der Waals surface area contributed by atoms with Crippen LogP contribution in [0, 0.1) is 13.8 Å². The maximum atomic E-state index is 12.8. The Balaban J connectivity index is 1.51. The zero-order valence-electron chi connectivity index (χ0n) is 17.2. The van der Waals surface area contributed by atoms with Gasteiger partial charge in [0, 0.05) is 36.1 Å². The first-order chi connectivity index (χ1) is 14.2. The van der Waals surface area contributed by atoms with E-state index in [0.717, 1.165) is 22.6 Å². The Morgan fingerprint density at radius 1 is 1.13 bits per heavy atom. The molecular weight excluding hydrogens is 386 g/mol. The third kappa shape index (κ3) is 3.42. The largest absolute Gasteiger partial charge is 0.448 e. The lowest BCUT2D eigenvalue weighted by Gasteiger charge is -2.15. The zero-order valence-corrected chi connectivity index (χ0v) is 17.2. The van der Waals surface area contributed by atoms with E-state index in [9.17, 15) is 14.4 Å². The van der Waals surface area contributed by atoms with E-state index in [1.807, 2.05) is 19.9 Å². The van der Waals surface area contributed by atoms with E-state index in [-0.39, 0.29) is 17.5 Å². The van der Waals surface area contributed by atoms with Crippen molar-refractivity contribution in [3.05, 3.63) is 52.6 Å². The quantitative estimate of drug-likeness (QED) is 0.481. The summed E-state index contributed by atoms with van der Waals surface area (Å²) in [5.41, 5.74) is 3.71. The molecule has 1 atom stereocenters. The molecule has 1 aliphatic heterocycles. The van der Waals surface area contributed by atoms with Gasteiger partial charge in [0.15, 0.2) is 6.10 Å². The van der Waals surface area contributed by atoms with Crippen molar-refractivity contribution >= 4 is 29.1 Å². The molecule has 1 amide bonds. The summed E-state index contributed by atoms with van der Waals surface area (Å²) in [4.78, 5) is 47.0. The normalized spacial score (nSPS) is 13.9. The monoisotopic (exact) mass is 407 g/mol. The molecule has 9 heteroatoms.